The topological polar surface area (TPSA) is 78.4 Å². The molecule has 1 amide bonds. The second-order valence-electron chi connectivity index (χ2n) is 5.72. The fraction of sp³-hybridized carbons (Fsp3) is 0.222. The summed E-state index contributed by atoms with van der Waals surface area (Å²) >= 11 is 5.94. The number of aliphatic carboxylic acids is 1. The molecule has 28 heavy (non-hydrogen) atoms. The maximum atomic E-state index is 13.8. The van der Waals surface area contributed by atoms with E-state index in [-0.39, 0.29) is 16.6 Å². The molecule has 0 radical (unpaired) electrons. The van der Waals surface area contributed by atoms with Crippen LogP contribution in [0.5, 0.6) is 0 Å². The molecule has 1 atom stereocenters. The minimum atomic E-state index is -5.08. The normalized spacial score (nSPS) is 15.7. The molecule has 2 aromatic rings. The van der Waals surface area contributed by atoms with Crippen molar-refractivity contribution in [1.82, 2.24) is 5.32 Å². The summed E-state index contributed by atoms with van der Waals surface area (Å²) in [5.74, 6) is -3.61. The molecule has 10 heteroatoms. The van der Waals surface area contributed by atoms with Crippen LogP contribution in [0.15, 0.2) is 42.5 Å². The molecule has 1 heterocycles. The Morgan fingerprint density at radius 2 is 1.79 bits per heavy atom. The molecule has 3 rings (SSSR count). The number of hydrogen-bond acceptors (Lipinski definition) is 3. The van der Waals surface area contributed by atoms with Crippen molar-refractivity contribution < 1.29 is 32.3 Å². The summed E-state index contributed by atoms with van der Waals surface area (Å²) in [4.78, 5) is 21.3. The average molecular weight is 419 g/mol. The van der Waals surface area contributed by atoms with Gasteiger partial charge in [-0.1, -0.05) is 41.9 Å². The summed E-state index contributed by atoms with van der Waals surface area (Å²) in [5.41, 5.74) is 2.08. The summed E-state index contributed by atoms with van der Waals surface area (Å²) in [6, 6.07) is 11.6. The van der Waals surface area contributed by atoms with Crippen LogP contribution < -0.4 is 10.6 Å². The number of hydrogen-bond donors (Lipinski definition) is 3. The van der Waals surface area contributed by atoms with Crippen molar-refractivity contribution in [3.8, 4) is 0 Å². The van der Waals surface area contributed by atoms with Gasteiger partial charge in [-0.15, -0.1) is 0 Å². The number of anilines is 1. The molecule has 0 saturated carbocycles. The van der Waals surface area contributed by atoms with Crippen LogP contribution in [-0.2, 0) is 16.0 Å². The van der Waals surface area contributed by atoms with Crippen LogP contribution in [0.3, 0.4) is 0 Å². The van der Waals surface area contributed by atoms with Gasteiger partial charge in [-0.2, -0.15) is 13.2 Å². The second-order valence-corrected chi connectivity index (χ2v) is 6.13. The molecule has 0 aromatic heterocycles. The first-order valence-corrected chi connectivity index (χ1v) is 8.35. The average Bonchev–Trinajstić information content (AvgIpc) is 2.64. The van der Waals surface area contributed by atoms with Gasteiger partial charge in [0.15, 0.2) is 0 Å². The lowest BCUT2D eigenvalue weighted by Gasteiger charge is -2.26. The predicted molar refractivity (Wildman–Crippen MR) is 94.6 cm³/mol. The quantitative estimate of drug-likeness (QED) is 0.646. The molecule has 3 N–H and O–H groups in total. The lowest BCUT2D eigenvalue weighted by atomic mass is 9.94. The van der Waals surface area contributed by atoms with Gasteiger partial charge in [-0.25, -0.2) is 9.18 Å². The molecule has 0 bridgehead atoms. The zero-order chi connectivity index (χ0) is 20.9. The van der Waals surface area contributed by atoms with Crippen LogP contribution in [0.1, 0.15) is 17.2 Å². The highest BCUT2D eigenvalue weighted by Gasteiger charge is 2.38. The standard InChI is InChI=1S/C16H14ClFN2O.C2HF3O2/c17-12-6-3-7-13(18)15(12)20-16(21)14-11-5-2-1-4-10(11)8-9-19-14;3-2(4,5)1(6)7/h1-7,14,19H,8-9H2,(H,20,21);(H,6,7)/t14-;/m0./s1. The molecule has 0 unspecified atom stereocenters. The number of rotatable bonds is 2. The smallest absolute Gasteiger partial charge is 0.475 e. The number of carboxylic acid groups (broad SMARTS) is 1. The number of carboxylic acids is 1. The van der Waals surface area contributed by atoms with Gasteiger partial charge in [0.25, 0.3) is 0 Å². The molecule has 150 valence electrons. The molecule has 0 spiro atoms. The highest BCUT2D eigenvalue weighted by molar-refractivity contribution is 6.33. The van der Waals surface area contributed by atoms with Crippen LogP contribution in [0.25, 0.3) is 0 Å². The van der Waals surface area contributed by atoms with Crippen molar-refractivity contribution in [2.45, 2.75) is 18.6 Å². The minimum Gasteiger partial charge on any atom is -0.475 e. The van der Waals surface area contributed by atoms with E-state index in [4.69, 9.17) is 21.5 Å². The molecular weight excluding hydrogens is 404 g/mol. The molecule has 2 aromatic carbocycles. The van der Waals surface area contributed by atoms with E-state index < -0.39 is 24.0 Å². The summed E-state index contributed by atoms with van der Waals surface area (Å²) in [6.07, 6.45) is -4.21. The van der Waals surface area contributed by atoms with Crippen molar-refractivity contribution in [1.29, 1.82) is 0 Å². The first-order chi connectivity index (χ1) is 13.1. The molecule has 5 nitrogen and oxygen atoms in total. The number of fused-ring (bicyclic) bond motifs is 1. The van der Waals surface area contributed by atoms with E-state index in [0.717, 1.165) is 17.5 Å². The number of alkyl halides is 3. The Balaban J connectivity index is 0.000000345. The lowest BCUT2D eigenvalue weighted by Crippen LogP contribution is -2.38. The fourth-order valence-corrected chi connectivity index (χ4v) is 2.76. The SMILES string of the molecule is O=C(Nc1c(F)cccc1Cl)[C@H]1NCCc2ccccc21.O=C(O)C(F)(F)F. The largest absolute Gasteiger partial charge is 0.490 e. The summed E-state index contributed by atoms with van der Waals surface area (Å²) in [7, 11) is 0. The zero-order valence-corrected chi connectivity index (χ0v) is 14.9. The number of benzene rings is 2. The number of amides is 1. The van der Waals surface area contributed by atoms with Gasteiger partial charge < -0.3 is 15.7 Å². The third-order valence-electron chi connectivity index (χ3n) is 3.82. The number of carbonyl (C=O) groups is 2. The Morgan fingerprint density at radius 3 is 2.39 bits per heavy atom. The van der Waals surface area contributed by atoms with E-state index in [1.54, 1.807) is 6.07 Å². The van der Waals surface area contributed by atoms with Gasteiger partial charge in [0.05, 0.1) is 10.7 Å². The van der Waals surface area contributed by atoms with Crippen molar-refractivity contribution >= 4 is 29.2 Å². The highest BCUT2D eigenvalue weighted by Crippen LogP contribution is 2.28. The van der Waals surface area contributed by atoms with Gasteiger partial charge in [0.1, 0.15) is 11.9 Å². The van der Waals surface area contributed by atoms with Crippen molar-refractivity contribution in [2.24, 2.45) is 0 Å². The van der Waals surface area contributed by atoms with E-state index in [2.05, 4.69) is 10.6 Å². The van der Waals surface area contributed by atoms with Gasteiger partial charge >= 0.3 is 12.1 Å². The van der Waals surface area contributed by atoms with E-state index in [0.29, 0.717) is 6.54 Å². The fourth-order valence-electron chi connectivity index (χ4n) is 2.55. The summed E-state index contributed by atoms with van der Waals surface area (Å²) in [6.45, 7) is 0.708. The van der Waals surface area contributed by atoms with E-state index >= 15 is 0 Å². The van der Waals surface area contributed by atoms with Crippen LogP contribution in [0.2, 0.25) is 5.02 Å². The van der Waals surface area contributed by atoms with E-state index in [9.17, 15) is 22.4 Å². The Morgan fingerprint density at radius 1 is 1.14 bits per heavy atom. The van der Waals surface area contributed by atoms with Gasteiger partial charge in [0, 0.05) is 6.54 Å². The second kappa shape index (κ2) is 9.03. The number of nitrogens with one attached hydrogen (secondary N) is 2. The Bertz CT molecular complexity index is 854. The van der Waals surface area contributed by atoms with Crippen LogP contribution >= 0.6 is 11.6 Å². The summed E-state index contributed by atoms with van der Waals surface area (Å²) in [5, 5.41) is 13.0. The third kappa shape index (κ3) is 5.43. The lowest BCUT2D eigenvalue weighted by molar-refractivity contribution is -0.192. The molecule has 1 aliphatic rings. The van der Waals surface area contributed by atoms with Gasteiger partial charge in [0.2, 0.25) is 5.91 Å². The molecule has 1 aliphatic heterocycles. The molecular formula is C18H15ClF4N2O3. The molecule has 0 fully saturated rings. The van der Waals surface area contributed by atoms with Crippen molar-refractivity contribution in [3.05, 3.63) is 64.4 Å². The van der Waals surface area contributed by atoms with Crippen LogP contribution in [0.4, 0.5) is 23.2 Å². The predicted octanol–water partition coefficient (Wildman–Crippen LogP) is 3.94. The molecule has 0 saturated heterocycles. The monoisotopic (exact) mass is 418 g/mol. The zero-order valence-electron chi connectivity index (χ0n) is 14.2. The first kappa shape index (κ1) is 21.6. The Hall–Kier alpha value is -2.65. The first-order valence-electron chi connectivity index (χ1n) is 7.97. The van der Waals surface area contributed by atoms with E-state index in [1.807, 2.05) is 24.3 Å². The minimum absolute atomic E-state index is 0.0222. The van der Waals surface area contributed by atoms with Crippen LogP contribution in [-0.4, -0.2) is 29.7 Å². The maximum absolute atomic E-state index is 13.8. The van der Waals surface area contributed by atoms with Gasteiger partial charge in [-0.05, 0) is 29.7 Å². The van der Waals surface area contributed by atoms with Crippen molar-refractivity contribution in [3.63, 3.8) is 0 Å². The van der Waals surface area contributed by atoms with Gasteiger partial charge in [-0.3, -0.25) is 4.79 Å². The Kier molecular flexibility index (Phi) is 6.98. The van der Waals surface area contributed by atoms with Crippen molar-refractivity contribution in [2.75, 3.05) is 11.9 Å². The number of halogens is 5. The van der Waals surface area contributed by atoms with Crippen LogP contribution in [0, 0.1) is 5.82 Å². The number of para-hydroxylation sites is 1. The maximum Gasteiger partial charge on any atom is 0.490 e. The third-order valence-corrected chi connectivity index (χ3v) is 4.14. The number of carbonyl (C=O) groups excluding carboxylic acids is 1. The molecule has 0 aliphatic carbocycles. The Labute approximate surface area is 162 Å². The summed E-state index contributed by atoms with van der Waals surface area (Å²) < 4.78 is 45.5. The highest BCUT2D eigenvalue weighted by atomic mass is 35.5. The van der Waals surface area contributed by atoms with E-state index in [1.165, 1.54) is 12.1 Å².